The summed E-state index contributed by atoms with van der Waals surface area (Å²) in [6.07, 6.45) is 9.13. The Hall–Kier alpha value is -1.02. The van der Waals surface area contributed by atoms with Crippen molar-refractivity contribution in [2.24, 2.45) is 5.92 Å². The number of hydrogen-bond acceptors (Lipinski definition) is 1. The van der Waals surface area contributed by atoms with Gasteiger partial charge in [-0.1, -0.05) is 55.8 Å². The van der Waals surface area contributed by atoms with E-state index in [-0.39, 0.29) is 5.91 Å². The van der Waals surface area contributed by atoms with Gasteiger partial charge in [0.25, 0.3) is 5.91 Å². The number of rotatable bonds is 3. The number of amides is 1. The molecule has 2 rings (SSSR count). The predicted molar refractivity (Wildman–Crippen MR) is 79.6 cm³/mol. The molecule has 1 aliphatic rings. The van der Waals surface area contributed by atoms with E-state index in [1.807, 2.05) is 12.1 Å². The molecule has 0 atom stereocenters. The zero-order chi connectivity index (χ0) is 13.5. The fourth-order valence-electron chi connectivity index (χ4n) is 2.72. The third-order valence-electron chi connectivity index (χ3n) is 3.89. The largest absolute Gasteiger partial charge is 0.352 e. The van der Waals surface area contributed by atoms with Crippen molar-refractivity contribution < 1.29 is 4.79 Å². The molecule has 1 aromatic rings. The summed E-state index contributed by atoms with van der Waals surface area (Å²) in [5, 5.41) is 3.56. The van der Waals surface area contributed by atoms with Crippen molar-refractivity contribution in [3.63, 3.8) is 0 Å². The zero-order valence-electron chi connectivity index (χ0n) is 11.3. The minimum absolute atomic E-state index is 0.0485. The molecular weight excluding hydrogens is 258 g/mol. The van der Waals surface area contributed by atoms with Crippen LogP contribution in [0.25, 0.3) is 0 Å². The maximum Gasteiger partial charge on any atom is 0.252 e. The van der Waals surface area contributed by atoms with E-state index in [4.69, 9.17) is 11.6 Å². The molecule has 0 aromatic heterocycles. The van der Waals surface area contributed by atoms with E-state index in [9.17, 15) is 4.79 Å². The molecule has 104 valence electrons. The first-order valence-corrected chi connectivity index (χ1v) is 7.68. The summed E-state index contributed by atoms with van der Waals surface area (Å²) in [5.74, 6) is 0.583. The van der Waals surface area contributed by atoms with Crippen LogP contribution < -0.4 is 5.32 Å². The molecular formula is C16H22ClNO. The van der Waals surface area contributed by atoms with Crippen LogP contribution in [0.3, 0.4) is 0 Å². The molecule has 1 aromatic carbocycles. The summed E-state index contributed by atoms with van der Waals surface area (Å²) < 4.78 is 0. The fraction of sp³-hybridized carbons (Fsp3) is 0.562. The third-order valence-corrected chi connectivity index (χ3v) is 4.22. The highest BCUT2D eigenvalue weighted by atomic mass is 35.5. The number of carbonyl (C=O) groups excluding carboxylic acids is 1. The Morgan fingerprint density at radius 2 is 1.74 bits per heavy atom. The van der Waals surface area contributed by atoms with Gasteiger partial charge in [-0.2, -0.15) is 0 Å². The molecule has 0 spiro atoms. The Bertz CT molecular complexity index is 411. The number of carbonyl (C=O) groups is 1. The van der Waals surface area contributed by atoms with E-state index in [0.717, 1.165) is 6.54 Å². The van der Waals surface area contributed by atoms with Crippen LogP contribution in [0, 0.1) is 5.92 Å². The molecule has 0 radical (unpaired) electrons. The van der Waals surface area contributed by atoms with E-state index >= 15 is 0 Å². The molecule has 2 nitrogen and oxygen atoms in total. The van der Waals surface area contributed by atoms with Gasteiger partial charge in [0, 0.05) is 6.54 Å². The molecule has 0 unspecified atom stereocenters. The summed E-state index contributed by atoms with van der Waals surface area (Å²) in [5.41, 5.74) is 0.579. The van der Waals surface area contributed by atoms with Crippen molar-refractivity contribution in [1.82, 2.24) is 5.32 Å². The van der Waals surface area contributed by atoms with Crippen LogP contribution >= 0.6 is 11.6 Å². The predicted octanol–water partition coefficient (Wildman–Crippen LogP) is 4.43. The van der Waals surface area contributed by atoms with Crippen molar-refractivity contribution in [3.05, 3.63) is 34.9 Å². The first kappa shape index (κ1) is 14.4. The van der Waals surface area contributed by atoms with Crippen molar-refractivity contribution in [3.8, 4) is 0 Å². The van der Waals surface area contributed by atoms with Crippen molar-refractivity contribution >= 4 is 17.5 Å². The van der Waals surface area contributed by atoms with E-state index in [1.54, 1.807) is 12.1 Å². The average molecular weight is 280 g/mol. The van der Waals surface area contributed by atoms with Crippen LogP contribution in [0.5, 0.6) is 0 Å². The summed E-state index contributed by atoms with van der Waals surface area (Å²) in [4.78, 5) is 12.1. The molecule has 0 heterocycles. The van der Waals surface area contributed by atoms with E-state index in [1.165, 1.54) is 44.9 Å². The smallest absolute Gasteiger partial charge is 0.252 e. The maximum atomic E-state index is 12.1. The molecule has 0 saturated heterocycles. The Morgan fingerprint density at radius 3 is 2.42 bits per heavy atom. The molecule has 3 heteroatoms. The SMILES string of the molecule is O=C(NCC1CCCCCCC1)c1ccccc1Cl. The molecule has 1 aliphatic carbocycles. The molecule has 1 saturated carbocycles. The maximum absolute atomic E-state index is 12.1. The van der Waals surface area contributed by atoms with Gasteiger partial charge in [-0.25, -0.2) is 0 Å². The van der Waals surface area contributed by atoms with Gasteiger partial charge in [0.05, 0.1) is 10.6 Å². The zero-order valence-corrected chi connectivity index (χ0v) is 12.1. The van der Waals surface area contributed by atoms with E-state index in [0.29, 0.717) is 16.5 Å². The van der Waals surface area contributed by atoms with Crippen molar-refractivity contribution in [2.45, 2.75) is 44.9 Å². The van der Waals surface area contributed by atoms with Crippen LogP contribution in [-0.2, 0) is 0 Å². The van der Waals surface area contributed by atoms with Crippen molar-refractivity contribution in [1.29, 1.82) is 0 Å². The molecule has 0 bridgehead atoms. The van der Waals surface area contributed by atoms with E-state index in [2.05, 4.69) is 5.32 Å². The summed E-state index contributed by atoms with van der Waals surface area (Å²) in [7, 11) is 0. The summed E-state index contributed by atoms with van der Waals surface area (Å²) in [6.45, 7) is 0.782. The topological polar surface area (TPSA) is 29.1 Å². The average Bonchev–Trinajstić information content (AvgIpc) is 2.37. The minimum atomic E-state index is -0.0485. The van der Waals surface area contributed by atoms with Crippen molar-refractivity contribution in [2.75, 3.05) is 6.54 Å². The van der Waals surface area contributed by atoms with E-state index < -0.39 is 0 Å². The lowest BCUT2D eigenvalue weighted by atomic mass is 9.91. The quantitative estimate of drug-likeness (QED) is 0.871. The Morgan fingerprint density at radius 1 is 1.11 bits per heavy atom. The van der Waals surface area contributed by atoms with Gasteiger partial charge in [-0.3, -0.25) is 4.79 Å². The highest BCUT2D eigenvalue weighted by molar-refractivity contribution is 6.33. The van der Waals surface area contributed by atoms with Crippen LogP contribution in [0.2, 0.25) is 5.02 Å². The Balaban J connectivity index is 1.84. The van der Waals surface area contributed by atoms with Gasteiger partial charge < -0.3 is 5.32 Å². The molecule has 1 N–H and O–H groups in total. The second-order valence-electron chi connectivity index (χ2n) is 5.40. The van der Waals surface area contributed by atoms with Gasteiger partial charge in [-0.05, 0) is 30.9 Å². The number of nitrogens with one attached hydrogen (secondary N) is 1. The summed E-state index contributed by atoms with van der Waals surface area (Å²) in [6, 6.07) is 7.21. The lowest BCUT2D eigenvalue weighted by Crippen LogP contribution is -2.29. The van der Waals surface area contributed by atoms with Gasteiger partial charge in [0.1, 0.15) is 0 Å². The standard InChI is InChI=1S/C16H22ClNO/c17-15-11-7-6-10-14(15)16(19)18-12-13-8-4-2-1-3-5-9-13/h6-7,10-11,13H,1-5,8-9,12H2,(H,18,19). The lowest BCUT2D eigenvalue weighted by molar-refractivity contribution is 0.0945. The van der Waals surface area contributed by atoms with Crippen LogP contribution in [0.15, 0.2) is 24.3 Å². The van der Waals surface area contributed by atoms with Gasteiger partial charge in [-0.15, -0.1) is 0 Å². The second-order valence-corrected chi connectivity index (χ2v) is 5.81. The molecule has 0 aliphatic heterocycles. The highest BCUT2D eigenvalue weighted by Crippen LogP contribution is 2.22. The minimum Gasteiger partial charge on any atom is -0.352 e. The molecule has 1 amide bonds. The molecule has 1 fully saturated rings. The second kappa shape index (κ2) is 7.54. The van der Waals surface area contributed by atoms with Crippen LogP contribution in [-0.4, -0.2) is 12.5 Å². The molecule has 19 heavy (non-hydrogen) atoms. The van der Waals surface area contributed by atoms with Gasteiger partial charge in [0.2, 0.25) is 0 Å². The van der Waals surface area contributed by atoms with Crippen LogP contribution in [0.1, 0.15) is 55.3 Å². The first-order valence-electron chi connectivity index (χ1n) is 7.30. The first-order chi connectivity index (χ1) is 9.27. The number of hydrogen-bond donors (Lipinski definition) is 1. The van der Waals surface area contributed by atoms with Gasteiger partial charge >= 0.3 is 0 Å². The highest BCUT2D eigenvalue weighted by Gasteiger charge is 2.14. The number of halogens is 1. The lowest BCUT2D eigenvalue weighted by Gasteiger charge is -2.20. The third kappa shape index (κ3) is 4.54. The normalized spacial score (nSPS) is 17.5. The van der Waals surface area contributed by atoms with Gasteiger partial charge in [0.15, 0.2) is 0 Å². The summed E-state index contributed by atoms with van der Waals surface area (Å²) >= 11 is 6.03. The Kier molecular flexibility index (Phi) is 5.71. The fourth-order valence-corrected chi connectivity index (χ4v) is 2.94. The number of benzene rings is 1. The monoisotopic (exact) mass is 279 g/mol. The Labute approximate surface area is 120 Å². The van der Waals surface area contributed by atoms with Crippen LogP contribution in [0.4, 0.5) is 0 Å².